The van der Waals surface area contributed by atoms with Gasteiger partial charge in [0.25, 0.3) is 6.71 Å². The van der Waals surface area contributed by atoms with E-state index in [1.54, 1.807) is 0 Å². The molecule has 0 aliphatic carbocycles. The molecule has 2 nitrogen and oxygen atoms in total. The van der Waals surface area contributed by atoms with Crippen LogP contribution in [0.2, 0.25) is 0 Å². The van der Waals surface area contributed by atoms with Crippen molar-refractivity contribution in [2.45, 2.75) is 26.2 Å². The molecule has 19 aromatic rings. The molecule has 3 heteroatoms. The van der Waals surface area contributed by atoms with Gasteiger partial charge >= 0.3 is 0 Å². The summed E-state index contributed by atoms with van der Waals surface area (Å²) in [6.45, 7) is 6.98. The van der Waals surface area contributed by atoms with Crippen molar-refractivity contribution in [1.82, 2.24) is 0 Å². The van der Waals surface area contributed by atoms with Crippen LogP contribution in [-0.4, -0.2) is 6.71 Å². The summed E-state index contributed by atoms with van der Waals surface area (Å²) in [5.74, 6) is 0. The van der Waals surface area contributed by atoms with Crippen molar-refractivity contribution in [1.29, 1.82) is 0 Å². The monoisotopic (exact) mass is 1280 g/mol. The minimum atomic E-state index is -0.302. The quantitative estimate of drug-likeness (QED) is 0.0850. The van der Waals surface area contributed by atoms with Crippen molar-refractivity contribution < 1.29 is 0 Å². The fourth-order valence-corrected chi connectivity index (χ4v) is 18.0. The number of nitrogens with zero attached hydrogens (tertiary/aromatic N) is 2. The van der Waals surface area contributed by atoms with Gasteiger partial charge in [0.2, 0.25) is 0 Å². The van der Waals surface area contributed by atoms with Gasteiger partial charge in [-0.05, 0) is 182 Å². The highest BCUT2D eigenvalue weighted by Gasteiger charge is 2.46. The minimum Gasteiger partial charge on any atom is -0.310 e. The highest BCUT2D eigenvalue weighted by Crippen LogP contribution is 2.56. The van der Waals surface area contributed by atoms with Gasteiger partial charge in [-0.2, -0.15) is 0 Å². The number of anilines is 6. The van der Waals surface area contributed by atoms with Gasteiger partial charge in [0.05, 0.1) is 11.4 Å². The van der Waals surface area contributed by atoms with Crippen molar-refractivity contribution in [3.8, 4) is 66.8 Å². The van der Waals surface area contributed by atoms with Crippen LogP contribution in [0.3, 0.4) is 0 Å². The van der Waals surface area contributed by atoms with Gasteiger partial charge in [0.1, 0.15) is 0 Å². The molecular formula is C98H65BN2. The Morgan fingerprint density at radius 1 is 0.228 bits per heavy atom. The summed E-state index contributed by atoms with van der Waals surface area (Å²) in [5, 5.41) is 20.6. The highest BCUT2D eigenvalue weighted by atomic mass is 15.2. The molecule has 0 spiro atoms. The Hall–Kier alpha value is -12.6. The molecule has 101 heavy (non-hydrogen) atoms. The van der Waals surface area contributed by atoms with Gasteiger partial charge in [0.15, 0.2) is 0 Å². The second kappa shape index (κ2) is 22.0. The summed E-state index contributed by atoms with van der Waals surface area (Å²) in [7, 11) is 0. The van der Waals surface area contributed by atoms with E-state index < -0.39 is 0 Å². The third-order valence-corrected chi connectivity index (χ3v) is 22.5. The van der Waals surface area contributed by atoms with Gasteiger partial charge in [-0.3, -0.25) is 0 Å². The second-order valence-electron chi connectivity index (χ2n) is 28.9. The molecule has 0 fully saturated rings. The number of benzene rings is 19. The van der Waals surface area contributed by atoms with Crippen LogP contribution in [0.4, 0.5) is 34.1 Å². The average molecular weight is 1280 g/mol. The van der Waals surface area contributed by atoms with E-state index in [1.165, 1.54) is 142 Å². The zero-order chi connectivity index (χ0) is 66.8. The van der Waals surface area contributed by atoms with Crippen LogP contribution in [0.1, 0.15) is 26.3 Å². The summed E-state index contributed by atoms with van der Waals surface area (Å²) in [4.78, 5) is 5.42. The van der Waals surface area contributed by atoms with E-state index in [9.17, 15) is 0 Å². The van der Waals surface area contributed by atoms with Gasteiger partial charge in [-0.25, -0.2) is 0 Å². The zero-order valence-corrected chi connectivity index (χ0v) is 56.3. The maximum Gasteiger partial charge on any atom is 0.252 e. The van der Waals surface area contributed by atoms with E-state index in [4.69, 9.17) is 0 Å². The van der Waals surface area contributed by atoms with Crippen molar-refractivity contribution in [3.05, 3.63) is 345 Å². The first-order chi connectivity index (χ1) is 49.8. The lowest BCUT2D eigenvalue weighted by Gasteiger charge is -2.46. The molecule has 0 aromatic heterocycles. The predicted molar refractivity (Wildman–Crippen MR) is 434 cm³/mol. The zero-order valence-electron chi connectivity index (χ0n) is 56.3. The largest absolute Gasteiger partial charge is 0.310 e. The fourth-order valence-electron chi connectivity index (χ4n) is 18.0. The van der Waals surface area contributed by atoms with Crippen LogP contribution in [0, 0.1) is 0 Å². The third-order valence-electron chi connectivity index (χ3n) is 22.5. The summed E-state index contributed by atoms with van der Waals surface area (Å²) in [6, 6.07) is 129. The number of rotatable bonds is 8. The van der Waals surface area contributed by atoms with E-state index in [1.807, 2.05) is 0 Å². The molecule has 2 aliphatic rings. The highest BCUT2D eigenvalue weighted by molar-refractivity contribution is 7.00. The Balaban J connectivity index is 0.900. The Bertz CT molecular complexity index is 6000. The average Bonchev–Trinajstić information content (AvgIpc) is 0.696. The normalized spacial score (nSPS) is 12.8. The first-order valence-corrected chi connectivity index (χ1v) is 35.5. The predicted octanol–water partition coefficient (Wildman–Crippen LogP) is 25.2. The second-order valence-corrected chi connectivity index (χ2v) is 28.9. The van der Waals surface area contributed by atoms with E-state index in [-0.39, 0.29) is 12.1 Å². The summed E-state index contributed by atoms with van der Waals surface area (Å²) < 4.78 is 0. The molecule has 0 radical (unpaired) electrons. The lowest BCUT2D eigenvalue weighted by molar-refractivity contribution is 0.590. The van der Waals surface area contributed by atoms with Crippen LogP contribution < -0.4 is 26.2 Å². The molecule has 0 unspecified atom stereocenters. The van der Waals surface area contributed by atoms with Crippen LogP contribution >= 0.6 is 0 Å². The Labute approximate surface area is 587 Å². The minimum absolute atomic E-state index is 0.204. The molecule has 0 amide bonds. The summed E-state index contributed by atoms with van der Waals surface area (Å²) in [6.07, 6.45) is 0. The number of hydrogen-bond donors (Lipinski definition) is 0. The van der Waals surface area contributed by atoms with E-state index in [2.05, 4.69) is 370 Å². The Morgan fingerprint density at radius 2 is 0.535 bits per heavy atom. The SMILES string of the molecule is CC(C)(C)c1cc2c3c(c1)N(c1c(-c4ccccc4)cccc1-c1ccccc1)c1cc(-c4ccc5c6cccc7cccc(c8cccc4c85)c76)ccc1B3c1ccc(-c3ccc4c5cccc6cccc(c7cccc3c74)c65)cc1N2c1c(-c2ccccc2)cccc1-c1ccccc1. The van der Waals surface area contributed by atoms with Gasteiger partial charge in [-0.1, -0.05) is 336 Å². The van der Waals surface area contributed by atoms with Crippen molar-refractivity contribution >= 4 is 143 Å². The topological polar surface area (TPSA) is 6.48 Å². The molecule has 2 aliphatic heterocycles. The fraction of sp³-hybridized carbons (Fsp3) is 0.0408. The van der Waals surface area contributed by atoms with Gasteiger partial charge in [0, 0.05) is 45.0 Å². The standard InChI is InChI=1S/C98H65BN2/c1-98(2,3)68-58-89-95-90(59-68)101(97-73(62-28-12-6-13-29-62)38-21-39-74(97)63-30-14-7-15-31-63)88-57-67(70-51-53-84-80-43-19-35-65-33-17-41-78(92(65)80)82-47-23-45-76(70)94(82)84)49-55-86(88)99(95)85-54-48-66(69-50-52-83-79-42-18-34-64-32-16-40-77(91(64)79)81-46-22-44-75(69)93(81)83)56-87(85)100(89)96-71(60-24-8-4-9-25-60)36-20-37-72(96)61-26-10-5-11-27-61/h4-59H,1-3H3. The van der Waals surface area contributed by atoms with E-state index in [0.717, 1.165) is 67.3 Å². The van der Waals surface area contributed by atoms with Crippen molar-refractivity contribution in [3.63, 3.8) is 0 Å². The van der Waals surface area contributed by atoms with E-state index in [0.29, 0.717) is 0 Å². The van der Waals surface area contributed by atoms with Gasteiger partial charge < -0.3 is 9.80 Å². The molecular weight excluding hydrogens is 1220 g/mol. The molecule has 21 rings (SSSR count). The summed E-state index contributed by atoms with van der Waals surface area (Å²) in [5.41, 5.74) is 25.7. The van der Waals surface area contributed by atoms with Crippen LogP contribution in [0.25, 0.3) is 153 Å². The summed E-state index contributed by atoms with van der Waals surface area (Å²) >= 11 is 0. The molecule has 470 valence electrons. The number of fused-ring (bicyclic) bond motifs is 8. The lowest BCUT2D eigenvalue weighted by atomic mass is 9.33. The van der Waals surface area contributed by atoms with Crippen LogP contribution in [-0.2, 0) is 5.41 Å². The lowest BCUT2D eigenvalue weighted by Crippen LogP contribution is -2.61. The number of para-hydroxylation sites is 2. The maximum absolute atomic E-state index is 2.71. The van der Waals surface area contributed by atoms with E-state index >= 15 is 0 Å². The van der Waals surface area contributed by atoms with Crippen LogP contribution in [0.15, 0.2) is 340 Å². The number of hydrogen-bond acceptors (Lipinski definition) is 2. The molecule has 0 atom stereocenters. The third kappa shape index (κ3) is 8.54. The molecule has 0 saturated heterocycles. The Kier molecular flexibility index (Phi) is 12.5. The molecule has 19 aromatic carbocycles. The van der Waals surface area contributed by atoms with Crippen LogP contribution in [0.5, 0.6) is 0 Å². The first kappa shape index (κ1) is 57.5. The molecule has 2 heterocycles. The molecule has 0 saturated carbocycles. The Morgan fingerprint density at radius 3 is 0.881 bits per heavy atom. The smallest absolute Gasteiger partial charge is 0.252 e. The molecule has 0 bridgehead atoms. The maximum atomic E-state index is 2.71. The van der Waals surface area contributed by atoms with Crippen molar-refractivity contribution in [2.75, 3.05) is 9.80 Å². The van der Waals surface area contributed by atoms with Gasteiger partial charge in [-0.15, -0.1) is 0 Å². The first-order valence-electron chi connectivity index (χ1n) is 35.5. The molecule has 0 N–H and O–H groups in total. The van der Waals surface area contributed by atoms with Crippen molar-refractivity contribution in [2.24, 2.45) is 0 Å².